The molecule has 73 heavy (non-hydrogen) atoms. The Kier molecular flexibility index (Phi) is 40.8. The first-order valence-corrected chi connectivity index (χ1v) is 27.8. The largest absolute Gasteiger partial charge is 0.457 e. The molecule has 2 saturated heterocycles. The lowest BCUT2D eigenvalue weighted by molar-refractivity contribution is -0.332. The quantitative estimate of drug-likeness (QED) is 0.0172. The summed E-state index contributed by atoms with van der Waals surface area (Å²) in [5.74, 6) is -0.439. The van der Waals surface area contributed by atoms with Crippen LogP contribution >= 0.6 is 0 Å². The van der Waals surface area contributed by atoms with Gasteiger partial charge >= 0.3 is 5.97 Å². The number of ether oxygens (including phenoxy) is 6. The lowest BCUT2D eigenvalue weighted by Crippen LogP contribution is -2.61. The van der Waals surface area contributed by atoms with Crippen LogP contribution in [0.4, 0.5) is 0 Å². The minimum absolute atomic E-state index is 0.0281. The number of hydrogen-bond acceptors (Lipinski definition) is 14. The summed E-state index contributed by atoms with van der Waals surface area (Å²) in [6, 6.07) is 0. The fraction of sp³-hybridized carbons (Fsp3) is 0.712. The highest BCUT2D eigenvalue weighted by atomic mass is 16.7. The molecule has 14 heteroatoms. The molecule has 2 aliphatic heterocycles. The normalized spacial score (nSPS) is 25.7. The number of hydrogen-bond donors (Lipinski definition) is 7. The second-order valence-corrected chi connectivity index (χ2v) is 19.0. The molecule has 0 aromatic heterocycles. The highest BCUT2D eigenvalue weighted by Gasteiger charge is 2.47. The Hall–Kier alpha value is -3.09. The summed E-state index contributed by atoms with van der Waals surface area (Å²) in [6.45, 7) is 3.46. The number of esters is 1. The highest BCUT2D eigenvalue weighted by molar-refractivity contribution is 5.69. The molecule has 0 aromatic carbocycles. The Morgan fingerprint density at radius 1 is 0.466 bits per heavy atom. The summed E-state index contributed by atoms with van der Waals surface area (Å²) in [7, 11) is 0. The molecular formula is C59H98O14. The third kappa shape index (κ3) is 32.2. The smallest absolute Gasteiger partial charge is 0.306 e. The first-order chi connectivity index (χ1) is 35.6. The monoisotopic (exact) mass is 1030 g/mol. The van der Waals surface area contributed by atoms with Crippen LogP contribution in [0.1, 0.15) is 168 Å². The maximum Gasteiger partial charge on any atom is 0.306 e. The van der Waals surface area contributed by atoms with Crippen molar-refractivity contribution in [2.24, 2.45) is 0 Å². The van der Waals surface area contributed by atoms with Crippen LogP contribution in [0.3, 0.4) is 0 Å². The Balaban J connectivity index is 1.78. The molecule has 0 aliphatic carbocycles. The average molecular weight is 1030 g/mol. The van der Waals surface area contributed by atoms with Crippen molar-refractivity contribution in [1.82, 2.24) is 0 Å². The van der Waals surface area contributed by atoms with Gasteiger partial charge in [0.15, 0.2) is 12.6 Å². The van der Waals surface area contributed by atoms with E-state index < -0.39 is 86.7 Å². The highest BCUT2D eigenvalue weighted by Crippen LogP contribution is 2.26. The predicted molar refractivity (Wildman–Crippen MR) is 288 cm³/mol. The summed E-state index contributed by atoms with van der Waals surface area (Å²) < 4.78 is 34.3. The predicted octanol–water partition coefficient (Wildman–Crippen LogP) is 9.41. The first kappa shape index (κ1) is 66.0. The Morgan fingerprint density at radius 3 is 1.41 bits per heavy atom. The first-order valence-electron chi connectivity index (χ1n) is 27.8. The summed E-state index contributed by atoms with van der Waals surface area (Å²) >= 11 is 0. The topological polar surface area (TPSA) is 214 Å². The zero-order chi connectivity index (χ0) is 53.0. The Morgan fingerprint density at radius 2 is 0.890 bits per heavy atom. The van der Waals surface area contributed by atoms with E-state index in [0.29, 0.717) is 19.4 Å². The summed E-state index contributed by atoms with van der Waals surface area (Å²) in [6.07, 6.45) is 43.3. The number of aliphatic hydroxyl groups is 7. The molecule has 0 aromatic rings. The third-order valence-corrected chi connectivity index (χ3v) is 12.6. The van der Waals surface area contributed by atoms with Gasteiger partial charge in [0, 0.05) is 13.0 Å². The Bertz CT molecular complexity index is 1570. The van der Waals surface area contributed by atoms with Crippen LogP contribution in [0.15, 0.2) is 97.2 Å². The van der Waals surface area contributed by atoms with E-state index in [1.165, 1.54) is 57.8 Å². The molecular weight excluding hydrogens is 933 g/mol. The number of carbonyl (C=O) groups excluding carboxylic acids is 1. The van der Waals surface area contributed by atoms with E-state index in [-0.39, 0.29) is 19.6 Å². The number of aliphatic hydroxyl groups excluding tert-OH is 7. The number of rotatable bonds is 43. The van der Waals surface area contributed by atoms with Crippen LogP contribution in [-0.2, 0) is 33.2 Å². The molecule has 11 unspecified atom stereocenters. The molecule has 2 rings (SSSR count). The van der Waals surface area contributed by atoms with Gasteiger partial charge in [-0.05, 0) is 89.9 Å². The van der Waals surface area contributed by atoms with Crippen molar-refractivity contribution in [1.29, 1.82) is 0 Å². The molecule has 418 valence electrons. The standard InChI is InChI=1S/C59H98O14/c1-3-5-7-9-11-13-15-17-19-21-22-23-24-25-26-27-28-30-32-34-36-38-40-42-51(61)71-48(45-68-43-41-39-37-35-33-31-29-20-18-16-14-12-10-8-6-4-2)46-69-58-57(67)55(65)53(63)50(73-58)47-70-59-56(66)54(64)52(62)49(44-60)72-59/h5,7,11,13,17-20,22-23,25-26,28,30,34,36,48-50,52-60,62-67H,3-4,6,8-10,12,14-16,21,24,27,29,31-33,35,37-47H2,1-2H3/b7-5-,13-11-,19-17-,20-18-,23-22-,26-25-,30-28-,36-34-. The van der Waals surface area contributed by atoms with Crippen molar-refractivity contribution in [3.63, 3.8) is 0 Å². The van der Waals surface area contributed by atoms with Gasteiger partial charge in [-0.3, -0.25) is 4.79 Å². The van der Waals surface area contributed by atoms with E-state index in [0.717, 1.165) is 77.0 Å². The average Bonchev–Trinajstić information content (AvgIpc) is 3.39. The molecule has 0 radical (unpaired) electrons. The van der Waals surface area contributed by atoms with E-state index >= 15 is 0 Å². The molecule has 7 N–H and O–H groups in total. The zero-order valence-corrected chi connectivity index (χ0v) is 44.6. The maximum absolute atomic E-state index is 13.0. The Labute approximate surface area is 439 Å². The minimum atomic E-state index is -1.72. The SMILES string of the molecule is CC/C=C\C/C=C\C/C=C\C/C=C\C/C=C\C/C=C\C/C=C\CCCC(=O)OC(COCCCCCCCC/C=C\CCCCCCCC)COC1OC(COC2OC(CO)C(O)C(O)C2O)C(O)C(O)C1O. The maximum atomic E-state index is 13.0. The summed E-state index contributed by atoms with van der Waals surface area (Å²) in [4.78, 5) is 13.0. The van der Waals surface area contributed by atoms with Gasteiger partial charge in [0.25, 0.3) is 0 Å². The van der Waals surface area contributed by atoms with E-state index in [1.54, 1.807) is 0 Å². The molecule has 14 nitrogen and oxygen atoms in total. The molecule has 2 aliphatic rings. The minimum Gasteiger partial charge on any atom is -0.457 e. The number of allylic oxidation sites excluding steroid dienone is 16. The molecule has 11 atom stereocenters. The molecule has 2 heterocycles. The van der Waals surface area contributed by atoms with E-state index in [4.69, 9.17) is 28.4 Å². The second-order valence-electron chi connectivity index (χ2n) is 19.0. The van der Waals surface area contributed by atoms with Gasteiger partial charge in [-0.2, -0.15) is 0 Å². The fourth-order valence-corrected chi connectivity index (χ4v) is 8.09. The third-order valence-electron chi connectivity index (χ3n) is 12.6. The second kappa shape index (κ2) is 45.1. The van der Waals surface area contributed by atoms with Crippen LogP contribution in [0, 0.1) is 0 Å². The molecule has 0 spiro atoms. The van der Waals surface area contributed by atoms with Gasteiger partial charge in [0.05, 0.1) is 26.4 Å². The van der Waals surface area contributed by atoms with Crippen molar-refractivity contribution in [3.05, 3.63) is 97.2 Å². The van der Waals surface area contributed by atoms with Crippen LogP contribution in [-0.4, -0.2) is 142 Å². The van der Waals surface area contributed by atoms with E-state index in [9.17, 15) is 40.5 Å². The van der Waals surface area contributed by atoms with Crippen LogP contribution in [0.25, 0.3) is 0 Å². The van der Waals surface area contributed by atoms with Crippen molar-refractivity contribution in [2.45, 2.75) is 235 Å². The fourth-order valence-electron chi connectivity index (χ4n) is 8.09. The summed E-state index contributed by atoms with van der Waals surface area (Å²) in [5, 5.41) is 72.3. The van der Waals surface area contributed by atoms with Gasteiger partial charge in [-0.15, -0.1) is 0 Å². The van der Waals surface area contributed by atoms with Crippen molar-refractivity contribution in [2.75, 3.05) is 33.0 Å². The lowest BCUT2D eigenvalue weighted by atomic mass is 9.98. The molecule has 0 amide bonds. The van der Waals surface area contributed by atoms with Crippen LogP contribution in [0.5, 0.6) is 0 Å². The summed E-state index contributed by atoms with van der Waals surface area (Å²) in [5.41, 5.74) is 0. The van der Waals surface area contributed by atoms with Crippen LogP contribution in [0.2, 0.25) is 0 Å². The van der Waals surface area contributed by atoms with E-state index in [2.05, 4.69) is 105 Å². The van der Waals surface area contributed by atoms with Crippen molar-refractivity contribution < 1.29 is 69.0 Å². The van der Waals surface area contributed by atoms with Gasteiger partial charge in [0.2, 0.25) is 0 Å². The van der Waals surface area contributed by atoms with E-state index in [1.807, 2.05) is 6.08 Å². The number of unbranched alkanes of at least 4 members (excludes halogenated alkanes) is 13. The van der Waals surface area contributed by atoms with Crippen LogP contribution < -0.4 is 0 Å². The van der Waals surface area contributed by atoms with Gasteiger partial charge in [0.1, 0.15) is 54.9 Å². The lowest BCUT2D eigenvalue weighted by Gasteiger charge is -2.42. The zero-order valence-electron chi connectivity index (χ0n) is 44.6. The van der Waals surface area contributed by atoms with Gasteiger partial charge in [-0.1, -0.05) is 169 Å². The molecule has 0 bridgehead atoms. The molecule has 0 saturated carbocycles. The number of carbonyl (C=O) groups is 1. The van der Waals surface area contributed by atoms with Gasteiger partial charge in [-0.25, -0.2) is 0 Å². The van der Waals surface area contributed by atoms with Crippen molar-refractivity contribution >= 4 is 5.97 Å². The van der Waals surface area contributed by atoms with Gasteiger partial charge < -0.3 is 64.2 Å². The molecule has 2 fully saturated rings. The van der Waals surface area contributed by atoms with Crippen molar-refractivity contribution in [3.8, 4) is 0 Å².